The Hall–Kier alpha value is -5.01. The Morgan fingerprint density at radius 2 is 1.97 bits per heavy atom. The molecule has 1 atom stereocenters. The second-order valence-electron chi connectivity index (χ2n) is 9.09. The van der Waals surface area contributed by atoms with Crippen LogP contribution in [0.4, 0.5) is 5.69 Å². The van der Waals surface area contributed by atoms with Gasteiger partial charge in [-0.05, 0) is 55.8 Å². The highest BCUT2D eigenvalue weighted by atomic mass is 35.5. The Morgan fingerprint density at radius 3 is 2.72 bits per heavy atom. The average molecular weight is 540 g/mol. The molecular formula is C28H22ClN7O3. The number of anilines is 1. The summed E-state index contributed by atoms with van der Waals surface area (Å²) >= 11 is 5.91. The number of carboxylic acid groups (broad SMARTS) is 1. The van der Waals surface area contributed by atoms with Crippen LogP contribution in [0.1, 0.15) is 40.1 Å². The second kappa shape index (κ2) is 10.0. The number of halogens is 1. The van der Waals surface area contributed by atoms with E-state index in [9.17, 15) is 20.0 Å². The first kappa shape index (κ1) is 25.6. The van der Waals surface area contributed by atoms with Crippen molar-refractivity contribution in [3.63, 3.8) is 0 Å². The van der Waals surface area contributed by atoms with E-state index in [4.69, 9.17) is 16.6 Å². The van der Waals surface area contributed by atoms with Crippen LogP contribution in [0, 0.1) is 18.3 Å². The molecule has 2 aromatic carbocycles. The number of aromatic nitrogens is 5. The highest BCUT2D eigenvalue weighted by Gasteiger charge is 2.20. The van der Waals surface area contributed by atoms with Crippen molar-refractivity contribution < 1.29 is 9.90 Å². The van der Waals surface area contributed by atoms with E-state index in [1.807, 2.05) is 26.0 Å². The van der Waals surface area contributed by atoms with E-state index in [-0.39, 0.29) is 16.4 Å². The van der Waals surface area contributed by atoms with E-state index in [0.717, 1.165) is 5.56 Å². The number of fused-ring (bicyclic) bond motifs is 1. The summed E-state index contributed by atoms with van der Waals surface area (Å²) in [5, 5.41) is 26.9. The lowest BCUT2D eigenvalue weighted by molar-refractivity contribution is 0.0691. The molecule has 0 aliphatic rings. The smallest absolute Gasteiger partial charge is 0.356 e. The van der Waals surface area contributed by atoms with Crippen molar-refractivity contribution in [1.82, 2.24) is 24.3 Å². The van der Waals surface area contributed by atoms with Crippen molar-refractivity contribution in [3.05, 3.63) is 98.8 Å². The summed E-state index contributed by atoms with van der Waals surface area (Å²) in [7, 11) is 1.65. The standard InChI is InChI=1S/C28H22ClN7O3/c1-15-9-20(16(2)32-22-7-8-23(29)33-25(22)28(38)39)24-21(10-15)27(37)35(3)26(34-24)18-13-31-36(14-18)19-6-4-5-17(11-19)12-30/h4-11,13-14,16,32H,1-3H3,(H,38,39)/t16-/m1/s1. The number of hydrogen-bond acceptors (Lipinski definition) is 7. The van der Waals surface area contributed by atoms with Gasteiger partial charge >= 0.3 is 5.97 Å². The molecule has 0 aliphatic heterocycles. The highest BCUT2D eigenvalue weighted by molar-refractivity contribution is 6.29. The topological polar surface area (TPSA) is 139 Å². The molecule has 5 aromatic rings. The second-order valence-corrected chi connectivity index (χ2v) is 9.47. The van der Waals surface area contributed by atoms with Crippen molar-refractivity contribution in [2.45, 2.75) is 19.9 Å². The van der Waals surface area contributed by atoms with Crippen molar-refractivity contribution in [2.75, 3.05) is 5.32 Å². The molecule has 0 saturated heterocycles. The predicted octanol–water partition coefficient (Wildman–Crippen LogP) is 4.89. The van der Waals surface area contributed by atoms with Crippen LogP contribution < -0.4 is 10.9 Å². The van der Waals surface area contributed by atoms with Gasteiger partial charge in [-0.2, -0.15) is 10.4 Å². The largest absolute Gasteiger partial charge is 0.476 e. The summed E-state index contributed by atoms with van der Waals surface area (Å²) in [4.78, 5) is 34.0. The van der Waals surface area contributed by atoms with Crippen LogP contribution in [0.2, 0.25) is 5.15 Å². The van der Waals surface area contributed by atoms with Crippen LogP contribution in [-0.2, 0) is 7.05 Å². The first-order valence-corrected chi connectivity index (χ1v) is 12.3. The molecule has 3 aromatic heterocycles. The minimum Gasteiger partial charge on any atom is -0.476 e. The number of aromatic carboxylic acids is 1. The normalized spacial score (nSPS) is 11.8. The Morgan fingerprint density at radius 1 is 1.18 bits per heavy atom. The van der Waals surface area contributed by atoms with Gasteiger partial charge in [0.2, 0.25) is 0 Å². The van der Waals surface area contributed by atoms with Crippen LogP contribution in [-0.4, -0.2) is 35.4 Å². The number of aryl methyl sites for hydroxylation is 1. The Bertz CT molecular complexity index is 1870. The Labute approximate surface area is 227 Å². The fourth-order valence-corrected chi connectivity index (χ4v) is 4.61. The SMILES string of the molecule is Cc1cc([C@@H](C)Nc2ccc(Cl)nc2C(=O)O)c2nc(-c3cnn(-c4cccc(C#N)c4)c3)n(C)c(=O)c2c1. The summed E-state index contributed by atoms with van der Waals surface area (Å²) in [6.45, 7) is 3.74. The zero-order chi connectivity index (χ0) is 27.8. The van der Waals surface area contributed by atoms with E-state index >= 15 is 0 Å². The molecule has 0 aliphatic carbocycles. The zero-order valence-corrected chi connectivity index (χ0v) is 21.9. The van der Waals surface area contributed by atoms with Crippen molar-refractivity contribution in [2.24, 2.45) is 7.05 Å². The third-order valence-electron chi connectivity index (χ3n) is 6.34. The van der Waals surface area contributed by atoms with Crippen LogP contribution in [0.15, 0.2) is 65.7 Å². The molecule has 11 heteroatoms. The highest BCUT2D eigenvalue weighted by Crippen LogP contribution is 2.29. The maximum absolute atomic E-state index is 13.5. The van der Waals surface area contributed by atoms with Crippen molar-refractivity contribution in [1.29, 1.82) is 5.26 Å². The molecule has 0 unspecified atom stereocenters. The van der Waals surface area contributed by atoms with Gasteiger partial charge < -0.3 is 10.4 Å². The molecule has 194 valence electrons. The molecular weight excluding hydrogens is 518 g/mol. The van der Waals surface area contributed by atoms with E-state index in [1.54, 1.807) is 54.5 Å². The fourth-order valence-electron chi connectivity index (χ4n) is 4.46. The molecule has 0 fully saturated rings. The van der Waals surface area contributed by atoms with Gasteiger partial charge in [0.15, 0.2) is 5.69 Å². The maximum Gasteiger partial charge on any atom is 0.356 e. The van der Waals surface area contributed by atoms with Gasteiger partial charge in [-0.1, -0.05) is 23.7 Å². The van der Waals surface area contributed by atoms with Gasteiger partial charge in [0.05, 0.1) is 51.7 Å². The number of hydrogen-bond donors (Lipinski definition) is 2. The summed E-state index contributed by atoms with van der Waals surface area (Å²) < 4.78 is 3.09. The molecule has 0 spiro atoms. The number of nitrogens with one attached hydrogen (secondary N) is 1. The summed E-state index contributed by atoms with van der Waals surface area (Å²) in [5.41, 5.74) is 3.72. The third-order valence-corrected chi connectivity index (χ3v) is 6.55. The lowest BCUT2D eigenvalue weighted by atomic mass is 10.0. The maximum atomic E-state index is 13.5. The summed E-state index contributed by atoms with van der Waals surface area (Å²) in [6.07, 6.45) is 3.36. The number of carbonyl (C=O) groups is 1. The van der Waals surface area contributed by atoms with Crippen molar-refractivity contribution >= 4 is 34.2 Å². The molecule has 3 heterocycles. The van der Waals surface area contributed by atoms with Crippen LogP contribution >= 0.6 is 11.6 Å². The average Bonchev–Trinajstić information content (AvgIpc) is 3.41. The molecule has 10 nitrogen and oxygen atoms in total. The van der Waals surface area contributed by atoms with Gasteiger partial charge in [0.25, 0.3) is 5.56 Å². The zero-order valence-electron chi connectivity index (χ0n) is 21.2. The lowest BCUT2D eigenvalue weighted by Crippen LogP contribution is -2.22. The first-order valence-electron chi connectivity index (χ1n) is 11.9. The number of nitrogens with zero attached hydrogens (tertiary/aromatic N) is 6. The number of rotatable bonds is 6. The van der Waals surface area contributed by atoms with Gasteiger partial charge in [-0.3, -0.25) is 9.36 Å². The van der Waals surface area contributed by atoms with Gasteiger partial charge in [-0.25, -0.2) is 19.4 Å². The molecule has 5 rings (SSSR count). The predicted molar refractivity (Wildman–Crippen MR) is 147 cm³/mol. The Balaban J connectivity index is 1.62. The molecule has 0 amide bonds. The fraction of sp³-hybridized carbons (Fsp3) is 0.143. The summed E-state index contributed by atoms with van der Waals surface area (Å²) in [5.74, 6) is -0.806. The quantitative estimate of drug-likeness (QED) is 0.291. The minimum absolute atomic E-state index is 0.0707. The number of carboxylic acids is 1. The van der Waals surface area contributed by atoms with E-state index in [2.05, 4.69) is 21.5 Å². The van der Waals surface area contributed by atoms with E-state index < -0.39 is 12.0 Å². The van der Waals surface area contributed by atoms with E-state index in [1.165, 1.54) is 10.6 Å². The van der Waals surface area contributed by atoms with E-state index in [0.29, 0.717) is 44.8 Å². The molecule has 0 radical (unpaired) electrons. The molecule has 0 saturated carbocycles. The van der Waals surface area contributed by atoms with Crippen LogP contribution in [0.3, 0.4) is 0 Å². The van der Waals surface area contributed by atoms with Gasteiger partial charge in [-0.15, -0.1) is 0 Å². The van der Waals surface area contributed by atoms with Crippen molar-refractivity contribution in [3.8, 4) is 23.1 Å². The van der Waals surface area contributed by atoms with Crippen LogP contribution in [0.5, 0.6) is 0 Å². The molecule has 2 N–H and O–H groups in total. The molecule has 0 bridgehead atoms. The number of nitriles is 1. The van der Waals surface area contributed by atoms with Gasteiger partial charge in [0, 0.05) is 18.8 Å². The lowest BCUT2D eigenvalue weighted by Gasteiger charge is -2.20. The minimum atomic E-state index is -1.21. The summed E-state index contributed by atoms with van der Waals surface area (Å²) in [6, 6.07) is 15.5. The number of benzene rings is 2. The van der Waals surface area contributed by atoms with Gasteiger partial charge in [0.1, 0.15) is 11.0 Å². The third kappa shape index (κ3) is 4.83. The van der Waals surface area contributed by atoms with Crippen LogP contribution in [0.25, 0.3) is 28.0 Å². The molecule has 39 heavy (non-hydrogen) atoms. The first-order chi connectivity index (χ1) is 18.7. The number of pyridine rings is 1. The Kier molecular flexibility index (Phi) is 6.60. The monoisotopic (exact) mass is 539 g/mol.